The molecule has 0 bridgehead atoms. The fourth-order valence-corrected chi connectivity index (χ4v) is 2.71. The molecule has 23 heavy (non-hydrogen) atoms. The van der Waals surface area contributed by atoms with E-state index < -0.39 is 9.85 Å². The van der Waals surface area contributed by atoms with E-state index in [4.69, 9.17) is 0 Å². The molecule has 0 unspecified atom stereocenters. The van der Waals surface area contributed by atoms with Gasteiger partial charge in [-0.25, -0.2) is 0 Å². The monoisotopic (exact) mass is 313 g/mol. The van der Waals surface area contributed by atoms with Crippen LogP contribution < -0.4 is 5.32 Å². The van der Waals surface area contributed by atoms with Gasteiger partial charge in [0, 0.05) is 18.0 Å². The van der Waals surface area contributed by atoms with E-state index in [0.717, 1.165) is 18.9 Å². The summed E-state index contributed by atoms with van der Waals surface area (Å²) in [6.45, 7) is 0.565. The molecule has 0 saturated heterocycles. The lowest BCUT2D eigenvalue weighted by atomic mass is 9.96. The first kappa shape index (κ1) is 15.0. The zero-order valence-corrected chi connectivity index (χ0v) is 12.3. The molecule has 2 aromatic carbocycles. The van der Waals surface area contributed by atoms with E-state index in [2.05, 4.69) is 17.4 Å². The summed E-state index contributed by atoms with van der Waals surface area (Å²) in [4.78, 5) is 20.7. The molecule has 7 heteroatoms. The van der Waals surface area contributed by atoms with E-state index in [9.17, 15) is 20.2 Å². The second-order valence-electron chi connectivity index (χ2n) is 5.72. The normalized spacial score (nSPS) is 15.0. The number of anilines is 1. The Bertz CT molecular complexity index is 757. The van der Waals surface area contributed by atoms with Gasteiger partial charge >= 0.3 is 0 Å². The third-order valence-electron chi connectivity index (χ3n) is 4.25. The van der Waals surface area contributed by atoms with Crippen LogP contribution in [0.4, 0.5) is 17.1 Å². The minimum absolute atomic E-state index is 0.00307. The summed E-state index contributed by atoms with van der Waals surface area (Å²) < 4.78 is 0. The molecule has 1 saturated carbocycles. The molecule has 0 heterocycles. The van der Waals surface area contributed by atoms with E-state index in [1.807, 2.05) is 18.2 Å². The Morgan fingerprint density at radius 3 is 2.26 bits per heavy atom. The Balaban J connectivity index is 1.81. The molecule has 2 aromatic rings. The minimum atomic E-state index is -0.636. The number of benzene rings is 2. The quantitative estimate of drug-likeness (QED) is 0.648. The van der Waals surface area contributed by atoms with E-state index in [-0.39, 0.29) is 16.8 Å². The van der Waals surface area contributed by atoms with Crippen molar-refractivity contribution in [3.63, 3.8) is 0 Å². The maximum absolute atomic E-state index is 11.1. The number of nitro benzene ring substituents is 2. The molecule has 118 valence electrons. The molecule has 0 radical (unpaired) electrons. The van der Waals surface area contributed by atoms with Crippen LogP contribution in [0, 0.1) is 20.2 Å². The molecule has 1 N–H and O–H groups in total. The molecular formula is C16H15N3O4. The highest BCUT2D eigenvalue weighted by Gasteiger charge is 2.44. The SMILES string of the molecule is O=[N+]([O-])c1ccc(NCC2(c3ccccc3)CC2)c([N+](=O)[O-])c1. The molecule has 0 aromatic heterocycles. The van der Waals surface area contributed by atoms with Crippen molar-refractivity contribution in [2.45, 2.75) is 18.3 Å². The summed E-state index contributed by atoms with van der Waals surface area (Å²) in [6, 6.07) is 13.7. The zero-order chi connectivity index (χ0) is 16.4. The fourth-order valence-electron chi connectivity index (χ4n) is 2.71. The lowest BCUT2D eigenvalue weighted by Crippen LogP contribution is -2.20. The molecule has 1 fully saturated rings. The summed E-state index contributed by atoms with van der Waals surface area (Å²) in [5.74, 6) is 0. The molecule has 1 aliphatic carbocycles. The maximum atomic E-state index is 11.1. The number of nitrogens with one attached hydrogen (secondary N) is 1. The third-order valence-corrected chi connectivity index (χ3v) is 4.25. The second-order valence-corrected chi connectivity index (χ2v) is 5.72. The van der Waals surface area contributed by atoms with Crippen molar-refractivity contribution in [2.75, 3.05) is 11.9 Å². The van der Waals surface area contributed by atoms with Gasteiger partial charge in [-0.3, -0.25) is 20.2 Å². The molecule has 0 atom stereocenters. The van der Waals surface area contributed by atoms with Crippen LogP contribution in [0.3, 0.4) is 0 Å². The number of nitrogens with zero attached hydrogens (tertiary/aromatic N) is 2. The lowest BCUT2D eigenvalue weighted by molar-refractivity contribution is -0.393. The van der Waals surface area contributed by atoms with Gasteiger partial charge in [-0.1, -0.05) is 30.3 Å². The van der Waals surface area contributed by atoms with Gasteiger partial charge in [0.15, 0.2) is 0 Å². The highest BCUT2D eigenvalue weighted by atomic mass is 16.6. The van der Waals surface area contributed by atoms with Crippen LogP contribution in [0.15, 0.2) is 48.5 Å². The number of rotatable bonds is 6. The predicted molar refractivity (Wildman–Crippen MR) is 85.6 cm³/mol. The topological polar surface area (TPSA) is 98.3 Å². The largest absolute Gasteiger partial charge is 0.379 e. The predicted octanol–water partition coefficient (Wildman–Crippen LogP) is 3.65. The second kappa shape index (κ2) is 5.68. The standard InChI is InChI=1S/C16H15N3O4/c20-18(21)13-6-7-14(15(10-13)19(22)23)17-11-16(8-9-16)12-4-2-1-3-5-12/h1-7,10,17H,8-9,11H2. The van der Waals surface area contributed by atoms with Gasteiger partial charge in [-0.05, 0) is 24.5 Å². The van der Waals surface area contributed by atoms with Crippen molar-refractivity contribution in [1.29, 1.82) is 0 Å². The van der Waals surface area contributed by atoms with Crippen LogP contribution in [-0.4, -0.2) is 16.4 Å². The summed E-state index contributed by atoms with van der Waals surface area (Å²) in [5.41, 5.74) is 0.950. The summed E-state index contributed by atoms with van der Waals surface area (Å²) in [6.07, 6.45) is 2.04. The van der Waals surface area contributed by atoms with Crippen molar-refractivity contribution < 1.29 is 9.85 Å². The number of non-ortho nitro benzene ring substituents is 1. The zero-order valence-electron chi connectivity index (χ0n) is 12.3. The molecule has 1 aliphatic rings. The smallest absolute Gasteiger partial charge is 0.299 e. The van der Waals surface area contributed by atoms with Crippen LogP contribution in [0.5, 0.6) is 0 Å². The van der Waals surface area contributed by atoms with Crippen molar-refractivity contribution in [3.8, 4) is 0 Å². The van der Waals surface area contributed by atoms with Crippen LogP contribution in [0.1, 0.15) is 18.4 Å². The minimum Gasteiger partial charge on any atom is -0.379 e. The van der Waals surface area contributed by atoms with Gasteiger partial charge < -0.3 is 5.32 Å². The molecule has 0 amide bonds. The molecule has 0 spiro atoms. The van der Waals surface area contributed by atoms with Crippen LogP contribution >= 0.6 is 0 Å². The third kappa shape index (κ3) is 2.98. The van der Waals surface area contributed by atoms with Crippen molar-refractivity contribution in [3.05, 3.63) is 74.3 Å². The van der Waals surface area contributed by atoms with E-state index in [1.54, 1.807) is 0 Å². The first-order valence-electron chi connectivity index (χ1n) is 7.24. The highest BCUT2D eigenvalue weighted by Crippen LogP contribution is 2.48. The van der Waals surface area contributed by atoms with Crippen molar-refractivity contribution in [1.82, 2.24) is 0 Å². The van der Waals surface area contributed by atoms with Crippen LogP contribution in [0.2, 0.25) is 0 Å². The van der Waals surface area contributed by atoms with E-state index in [0.29, 0.717) is 12.2 Å². The molecule has 3 rings (SSSR count). The number of hydrogen-bond donors (Lipinski definition) is 1. The van der Waals surface area contributed by atoms with Gasteiger partial charge in [0.25, 0.3) is 11.4 Å². The fraction of sp³-hybridized carbons (Fsp3) is 0.250. The van der Waals surface area contributed by atoms with Crippen LogP contribution in [-0.2, 0) is 5.41 Å². The Kier molecular flexibility index (Phi) is 3.69. The number of nitro groups is 2. The first-order chi connectivity index (χ1) is 11.0. The summed E-state index contributed by atoms with van der Waals surface area (Å²) in [7, 11) is 0. The Hall–Kier alpha value is -2.96. The van der Waals surface area contributed by atoms with Gasteiger partial charge in [-0.2, -0.15) is 0 Å². The summed E-state index contributed by atoms with van der Waals surface area (Å²) in [5, 5.41) is 25.0. The average Bonchev–Trinajstić information content (AvgIpc) is 3.34. The first-order valence-corrected chi connectivity index (χ1v) is 7.24. The van der Waals surface area contributed by atoms with Crippen molar-refractivity contribution in [2.24, 2.45) is 0 Å². The highest BCUT2D eigenvalue weighted by molar-refractivity contribution is 5.65. The van der Waals surface area contributed by atoms with Gasteiger partial charge in [0.2, 0.25) is 0 Å². The Labute approximate surface area is 132 Å². The average molecular weight is 313 g/mol. The lowest BCUT2D eigenvalue weighted by Gasteiger charge is -2.17. The van der Waals surface area contributed by atoms with Gasteiger partial charge in [0.1, 0.15) is 5.69 Å². The van der Waals surface area contributed by atoms with Gasteiger partial charge in [-0.15, -0.1) is 0 Å². The van der Waals surface area contributed by atoms with E-state index in [1.165, 1.54) is 17.7 Å². The van der Waals surface area contributed by atoms with Gasteiger partial charge in [0.05, 0.1) is 15.9 Å². The molecule has 0 aliphatic heterocycles. The maximum Gasteiger partial charge on any atom is 0.299 e. The van der Waals surface area contributed by atoms with Crippen molar-refractivity contribution >= 4 is 17.1 Å². The molecule has 7 nitrogen and oxygen atoms in total. The molecular weight excluding hydrogens is 298 g/mol. The Morgan fingerprint density at radius 1 is 1.00 bits per heavy atom. The van der Waals surface area contributed by atoms with Crippen LogP contribution in [0.25, 0.3) is 0 Å². The number of hydrogen-bond acceptors (Lipinski definition) is 5. The summed E-state index contributed by atoms with van der Waals surface area (Å²) >= 11 is 0. The van der Waals surface area contributed by atoms with E-state index >= 15 is 0 Å². The Morgan fingerprint density at radius 2 is 1.70 bits per heavy atom.